The summed E-state index contributed by atoms with van der Waals surface area (Å²) in [5, 5.41) is 4.38. The van der Waals surface area contributed by atoms with Crippen LogP contribution in [0, 0.1) is 6.92 Å². The molecule has 0 bridgehead atoms. The normalized spacial score (nSPS) is 12.6. The Bertz CT molecular complexity index is 552. The van der Waals surface area contributed by atoms with Crippen LogP contribution in [0.5, 0.6) is 0 Å². The van der Waals surface area contributed by atoms with Crippen LogP contribution < -0.4 is 11.3 Å². The molecular formula is C13H18BrN5. The number of nitrogens with one attached hydrogen (secondary N) is 1. The molecule has 6 heteroatoms. The van der Waals surface area contributed by atoms with E-state index in [-0.39, 0.29) is 6.04 Å². The first-order chi connectivity index (χ1) is 9.19. The minimum Gasteiger partial charge on any atom is -0.270 e. The summed E-state index contributed by atoms with van der Waals surface area (Å²) < 4.78 is 2.90. The molecule has 0 saturated carbocycles. The highest BCUT2D eigenvalue weighted by atomic mass is 79.9. The summed E-state index contributed by atoms with van der Waals surface area (Å²) in [6.07, 6.45) is 4.59. The summed E-state index contributed by atoms with van der Waals surface area (Å²) in [4.78, 5) is 4.44. The molecule has 2 heterocycles. The zero-order chi connectivity index (χ0) is 13.8. The fraction of sp³-hybridized carbons (Fsp3) is 0.385. The van der Waals surface area contributed by atoms with Gasteiger partial charge in [0.25, 0.3) is 0 Å². The van der Waals surface area contributed by atoms with Gasteiger partial charge in [-0.2, -0.15) is 5.10 Å². The van der Waals surface area contributed by atoms with Crippen molar-refractivity contribution in [2.24, 2.45) is 5.84 Å². The standard InChI is InChI=1S/C13H18BrN5/c1-3-7-19-13(10(14)8-17-19)12(18-15)11-9(2)5-4-6-16-11/h4-6,8,12,18H,3,7,15H2,1-2H3. The molecule has 0 radical (unpaired) electrons. The Morgan fingerprint density at radius 3 is 2.95 bits per heavy atom. The molecule has 2 rings (SSSR count). The van der Waals surface area contributed by atoms with Gasteiger partial charge < -0.3 is 0 Å². The maximum absolute atomic E-state index is 5.75. The lowest BCUT2D eigenvalue weighted by Crippen LogP contribution is -2.32. The van der Waals surface area contributed by atoms with Gasteiger partial charge in [-0.05, 0) is 40.9 Å². The van der Waals surface area contributed by atoms with Gasteiger partial charge in [0.1, 0.15) is 6.04 Å². The van der Waals surface area contributed by atoms with Crippen LogP contribution in [-0.4, -0.2) is 14.8 Å². The molecule has 0 amide bonds. The maximum atomic E-state index is 5.75. The summed E-state index contributed by atoms with van der Waals surface area (Å²) in [6.45, 7) is 5.00. The van der Waals surface area contributed by atoms with E-state index < -0.39 is 0 Å². The first kappa shape index (κ1) is 14.2. The van der Waals surface area contributed by atoms with Crippen LogP contribution in [0.25, 0.3) is 0 Å². The predicted molar refractivity (Wildman–Crippen MR) is 78.4 cm³/mol. The quantitative estimate of drug-likeness (QED) is 0.654. The highest BCUT2D eigenvalue weighted by Crippen LogP contribution is 2.28. The summed E-state index contributed by atoms with van der Waals surface area (Å²) in [5.41, 5.74) is 5.87. The van der Waals surface area contributed by atoms with Crippen LogP contribution in [0.3, 0.4) is 0 Å². The van der Waals surface area contributed by atoms with Gasteiger partial charge in [0.05, 0.1) is 22.1 Å². The summed E-state index contributed by atoms with van der Waals surface area (Å²) in [6, 6.07) is 3.77. The molecule has 2 aromatic heterocycles. The topological polar surface area (TPSA) is 68.8 Å². The number of halogens is 1. The lowest BCUT2D eigenvalue weighted by atomic mass is 10.1. The minimum atomic E-state index is -0.176. The van der Waals surface area contributed by atoms with Gasteiger partial charge in [-0.25, -0.2) is 5.43 Å². The van der Waals surface area contributed by atoms with E-state index in [1.54, 1.807) is 12.4 Å². The van der Waals surface area contributed by atoms with Crippen molar-refractivity contribution in [3.8, 4) is 0 Å². The molecule has 0 aromatic carbocycles. The van der Waals surface area contributed by atoms with Gasteiger partial charge in [-0.3, -0.25) is 15.5 Å². The fourth-order valence-electron chi connectivity index (χ4n) is 2.14. The van der Waals surface area contributed by atoms with E-state index in [4.69, 9.17) is 5.84 Å². The summed E-state index contributed by atoms with van der Waals surface area (Å²) in [7, 11) is 0. The summed E-state index contributed by atoms with van der Waals surface area (Å²) in [5.74, 6) is 5.75. The first-order valence-corrected chi connectivity index (χ1v) is 7.07. The molecule has 0 aliphatic rings. The van der Waals surface area contributed by atoms with Crippen LogP contribution in [-0.2, 0) is 6.54 Å². The maximum Gasteiger partial charge on any atom is 0.106 e. The Kier molecular flexibility index (Phi) is 4.68. The number of aromatic nitrogens is 3. The van der Waals surface area contributed by atoms with E-state index in [0.717, 1.165) is 34.4 Å². The van der Waals surface area contributed by atoms with Gasteiger partial charge in [0, 0.05) is 12.7 Å². The molecule has 19 heavy (non-hydrogen) atoms. The van der Waals surface area contributed by atoms with Gasteiger partial charge in [0.15, 0.2) is 0 Å². The number of hydrogen-bond donors (Lipinski definition) is 2. The van der Waals surface area contributed by atoms with Gasteiger partial charge in [0.2, 0.25) is 0 Å². The van der Waals surface area contributed by atoms with Crippen molar-refractivity contribution >= 4 is 15.9 Å². The molecule has 3 N–H and O–H groups in total. The molecule has 5 nitrogen and oxygen atoms in total. The number of rotatable bonds is 5. The van der Waals surface area contributed by atoms with Crippen molar-refractivity contribution in [2.75, 3.05) is 0 Å². The summed E-state index contributed by atoms with van der Waals surface area (Å²) >= 11 is 3.54. The number of hydrazine groups is 1. The van der Waals surface area contributed by atoms with E-state index in [9.17, 15) is 0 Å². The van der Waals surface area contributed by atoms with E-state index in [2.05, 4.69) is 38.4 Å². The second kappa shape index (κ2) is 6.27. The number of aryl methyl sites for hydroxylation is 2. The van der Waals surface area contributed by atoms with Crippen molar-refractivity contribution in [3.63, 3.8) is 0 Å². The second-order valence-corrected chi connectivity index (χ2v) is 5.26. The molecule has 2 aromatic rings. The van der Waals surface area contributed by atoms with Gasteiger partial charge in [-0.15, -0.1) is 0 Å². The van der Waals surface area contributed by atoms with E-state index in [1.165, 1.54) is 0 Å². The van der Waals surface area contributed by atoms with Crippen LogP contribution in [0.4, 0.5) is 0 Å². The van der Waals surface area contributed by atoms with Crippen LogP contribution >= 0.6 is 15.9 Å². The Balaban J connectivity index is 2.48. The highest BCUT2D eigenvalue weighted by Gasteiger charge is 2.23. The van der Waals surface area contributed by atoms with Crippen molar-refractivity contribution in [1.82, 2.24) is 20.2 Å². The van der Waals surface area contributed by atoms with E-state index in [1.807, 2.05) is 23.7 Å². The third-order valence-corrected chi connectivity index (χ3v) is 3.64. The molecular weight excluding hydrogens is 306 g/mol. The molecule has 0 aliphatic carbocycles. The third kappa shape index (κ3) is 2.86. The monoisotopic (exact) mass is 323 g/mol. The molecule has 0 spiro atoms. The highest BCUT2D eigenvalue weighted by molar-refractivity contribution is 9.10. The van der Waals surface area contributed by atoms with Crippen LogP contribution in [0.1, 0.15) is 36.3 Å². The van der Waals surface area contributed by atoms with E-state index in [0.29, 0.717) is 0 Å². The Labute approximate surface area is 121 Å². The molecule has 0 aliphatic heterocycles. The van der Waals surface area contributed by atoms with Crippen molar-refractivity contribution in [1.29, 1.82) is 0 Å². The zero-order valence-electron chi connectivity index (χ0n) is 11.1. The van der Waals surface area contributed by atoms with Crippen LogP contribution in [0.2, 0.25) is 0 Å². The lowest BCUT2D eigenvalue weighted by molar-refractivity contribution is 0.512. The third-order valence-electron chi connectivity index (χ3n) is 3.03. The number of nitrogens with zero attached hydrogens (tertiary/aromatic N) is 3. The van der Waals surface area contributed by atoms with Gasteiger partial charge in [-0.1, -0.05) is 13.0 Å². The SMILES string of the molecule is CCCn1ncc(Br)c1C(NN)c1ncccc1C. The molecule has 0 saturated heterocycles. The molecule has 1 unspecified atom stereocenters. The number of pyridine rings is 1. The molecule has 0 fully saturated rings. The second-order valence-electron chi connectivity index (χ2n) is 4.41. The molecule has 1 atom stereocenters. The van der Waals surface area contributed by atoms with Crippen molar-refractivity contribution < 1.29 is 0 Å². The number of nitrogens with two attached hydrogens (primary N) is 1. The average molecular weight is 324 g/mol. The van der Waals surface area contributed by atoms with Crippen LogP contribution in [0.15, 0.2) is 29.0 Å². The average Bonchev–Trinajstić information content (AvgIpc) is 2.75. The largest absolute Gasteiger partial charge is 0.270 e. The Morgan fingerprint density at radius 1 is 1.53 bits per heavy atom. The van der Waals surface area contributed by atoms with E-state index >= 15 is 0 Å². The Morgan fingerprint density at radius 2 is 2.32 bits per heavy atom. The number of hydrogen-bond acceptors (Lipinski definition) is 4. The lowest BCUT2D eigenvalue weighted by Gasteiger charge is -2.19. The predicted octanol–water partition coefficient (Wildman–Crippen LogP) is 2.31. The smallest absolute Gasteiger partial charge is 0.106 e. The van der Waals surface area contributed by atoms with Crippen molar-refractivity contribution in [2.45, 2.75) is 32.9 Å². The van der Waals surface area contributed by atoms with Gasteiger partial charge >= 0.3 is 0 Å². The molecule has 102 valence electrons. The first-order valence-electron chi connectivity index (χ1n) is 6.27. The van der Waals surface area contributed by atoms with Crippen molar-refractivity contribution in [3.05, 3.63) is 46.0 Å². The fourth-order valence-corrected chi connectivity index (χ4v) is 2.66. The minimum absolute atomic E-state index is 0.176. The Hall–Kier alpha value is -1.24. The zero-order valence-corrected chi connectivity index (χ0v) is 12.7.